The molecule has 0 heterocycles. The fourth-order valence-electron chi connectivity index (χ4n) is 0.880. The summed E-state index contributed by atoms with van der Waals surface area (Å²) in [5.74, 6) is -1.82. The highest BCUT2D eigenvalue weighted by Gasteiger charge is 2.10. The molecule has 0 spiro atoms. The quantitative estimate of drug-likeness (QED) is 0.345. The van der Waals surface area contributed by atoms with Crippen molar-refractivity contribution in [2.75, 3.05) is 33.0 Å². The van der Waals surface area contributed by atoms with Gasteiger partial charge in [0.25, 0.3) is 0 Å². The van der Waals surface area contributed by atoms with E-state index in [9.17, 15) is 9.59 Å². The molecule has 0 aromatic heterocycles. The van der Waals surface area contributed by atoms with E-state index < -0.39 is 11.9 Å². The number of hydrogen-bond acceptors (Lipinski definition) is 5. The SMILES string of the molecule is C=C(CC(=O)OCCOCCOCC)C(=O)O. The van der Waals surface area contributed by atoms with E-state index in [-0.39, 0.29) is 25.2 Å². The van der Waals surface area contributed by atoms with Gasteiger partial charge in [-0.1, -0.05) is 6.58 Å². The molecule has 0 radical (unpaired) electrons. The molecule has 0 atom stereocenters. The standard InChI is InChI=1S/C11H18O6/c1-3-15-4-5-16-6-7-17-10(12)8-9(2)11(13)14/h2-8H2,1H3,(H,13,14). The summed E-state index contributed by atoms with van der Waals surface area (Å²) in [6, 6.07) is 0. The molecule has 6 nitrogen and oxygen atoms in total. The van der Waals surface area contributed by atoms with Gasteiger partial charge in [-0.05, 0) is 6.92 Å². The predicted molar refractivity (Wildman–Crippen MR) is 59.7 cm³/mol. The number of carbonyl (C=O) groups excluding carboxylic acids is 1. The molecule has 6 heteroatoms. The second kappa shape index (κ2) is 9.80. The third kappa shape index (κ3) is 9.52. The van der Waals surface area contributed by atoms with Gasteiger partial charge in [-0.2, -0.15) is 0 Å². The monoisotopic (exact) mass is 246 g/mol. The van der Waals surface area contributed by atoms with E-state index in [4.69, 9.17) is 19.3 Å². The summed E-state index contributed by atoms with van der Waals surface area (Å²) in [5, 5.41) is 8.48. The van der Waals surface area contributed by atoms with Crippen LogP contribution >= 0.6 is 0 Å². The zero-order valence-electron chi connectivity index (χ0n) is 9.94. The second-order valence-electron chi connectivity index (χ2n) is 3.12. The maximum absolute atomic E-state index is 11.1. The maximum Gasteiger partial charge on any atom is 0.331 e. The Bertz CT molecular complexity index is 261. The Hall–Kier alpha value is -1.40. The van der Waals surface area contributed by atoms with Gasteiger partial charge in [-0.15, -0.1) is 0 Å². The highest BCUT2D eigenvalue weighted by molar-refractivity contribution is 5.91. The average molecular weight is 246 g/mol. The van der Waals surface area contributed by atoms with Gasteiger partial charge in [0.05, 0.1) is 26.2 Å². The van der Waals surface area contributed by atoms with Crippen molar-refractivity contribution in [1.29, 1.82) is 0 Å². The lowest BCUT2D eigenvalue weighted by Crippen LogP contribution is -2.14. The molecule has 0 aliphatic carbocycles. The zero-order valence-corrected chi connectivity index (χ0v) is 9.94. The molecule has 1 N–H and O–H groups in total. The fourth-order valence-corrected chi connectivity index (χ4v) is 0.880. The van der Waals surface area contributed by atoms with E-state index in [0.29, 0.717) is 19.8 Å². The van der Waals surface area contributed by atoms with Crippen molar-refractivity contribution in [3.8, 4) is 0 Å². The number of rotatable bonds is 10. The summed E-state index contributed by atoms with van der Waals surface area (Å²) < 4.78 is 14.9. The van der Waals surface area contributed by atoms with E-state index in [2.05, 4.69) is 6.58 Å². The molecule has 0 saturated heterocycles. The first-order valence-electron chi connectivity index (χ1n) is 5.30. The number of carboxylic acid groups (broad SMARTS) is 1. The Morgan fingerprint density at radius 1 is 1.12 bits per heavy atom. The number of hydrogen-bond donors (Lipinski definition) is 1. The van der Waals surface area contributed by atoms with Gasteiger partial charge in [0.2, 0.25) is 0 Å². The molecule has 0 unspecified atom stereocenters. The molecule has 0 aliphatic rings. The smallest absolute Gasteiger partial charge is 0.331 e. The largest absolute Gasteiger partial charge is 0.478 e. The molecule has 0 aromatic rings. The zero-order chi connectivity index (χ0) is 13.1. The summed E-state index contributed by atoms with van der Waals surface area (Å²) in [4.78, 5) is 21.4. The number of carboxylic acids is 1. The molecular weight excluding hydrogens is 228 g/mol. The second-order valence-corrected chi connectivity index (χ2v) is 3.12. The van der Waals surface area contributed by atoms with Crippen LogP contribution in [-0.2, 0) is 23.8 Å². The molecule has 0 rings (SSSR count). The van der Waals surface area contributed by atoms with Crippen LogP contribution in [0.4, 0.5) is 0 Å². The molecule has 98 valence electrons. The minimum absolute atomic E-state index is 0.0951. The number of carbonyl (C=O) groups is 2. The van der Waals surface area contributed by atoms with Crippen molar-refractivity contribution in [2.24, 2.45) is 0 Å². The van der Waals surface area contributed by atoms with E-state index >= 15 is 0 Å². The Kier molecular flexibility index (Phi) is 8.99. The van der Waals surface area contributed by atoms with E-state index in [1.807, 2.05) is 6.92 Å². The normalized spacial score (nSPS) is 9.94. The lowest BCUT2D eigenvalue weighted by atomic mass is 10.2. The topological polar surface area (TPSA) is 82.1 Å². The van der Waals surface area contributed by atoms with Crippen molar-refractivity contribution in [3.05, 3.63) is 12.2 Å². The van der Waals surface area contributed by atoms with Crippen molar-refractivity contribution in [2.45, 2.75) is 13.3 Å². The molecular formula is C11H18O6. The van der Waals surface area contributed by atoms with Gasteiger partial charge in [0.1, 0.15) is 6.61 Å². The lowest BCUT2D eigenvalue weighted by molar-refractivity contribution is -0.146. The van der Waals surface area contributed by atoms with Crippen LogP contribution in [0.2, 0.25) is 0 Å². The summed E-state index contributed by atoms with van der Waals surface area (Å²) in [5.41, 5.74) is -0.188. The minimum atomic E-state index is -1.20. The first-order valence-corrected chi connectivity index (χ1v) is 5.30. The Balaban J connectivity index is 3.39. The van der Waals surface area contributed by atoms with E-state index in [0.717, 1.165) is 0 Å². The average Bonchev–Trinajstić information content (AvgIpc) is 2.27. The van der Waals surface area contributed by atoms with Gasteiger partial charge in [-0.3, -0.25) is 4.79 Å². The van der Waals surface area contributed by atoms with Crippen LogP contribution in [-0.4, -0.2) is 50.1 Å². The van der Waals surface area contributed by atoms with Crippen molar-refractivity contribution >= 4 is 11.9 Å². The minimum Gasteiger partial charge on any atom is -0.478 e. The number of esters is 1. The first kappa shape index (κ1) is 15.6. The van der Waals surface area contributed by atoms with Crippen LogP contribution in [0, 0.1) is 0 Å². The van der Waals surface area contributed by atoms with Crippen LogP contribution < -0.4 is 0 Å². The van der Waals surface area contributed by atoms with Crippen molar-refractivity contribution in [3.63, 3.8) is 0 Å². The molecule has 0 bridgehead atoms. The Morgan fingerprint density at radius 3 is 2.29 bits per heavy atom. The molecule has 17 heavy (non-hydrogen) atoms. The highest BCUT2D eigenvalue weighted by atomic mass is 16.6. The van der Waals surface area contributed by atoms with Gasteiger partial charge in [-0.25, -0.2) is 4.79 Å². The summed E-state index contributed by atoms with van der Waals surface area (Å²) in [6.45, 7) is 7.04. The predicted octanol–water partition coefficient (Wildman–Crippen LogP) is 0.614. The van der Waals surface area contributed by atoms with Crippen LogP contribution in [0.1, 0.15) is 13.3 Å². The van der Waals surface area contributed by atoms with Crippen molar-refractivity contribution in [1.82, 2.24) is 0 Å². The third-order valence-electron chi connectivity index (χ3n) is 1.73. The van der Waals surface area contributed by atoms with Crippen LogP contribution in [0.15, 0.2) is 12.2 Å². The van der Waals surface area contributed by atoms with E-state index in [1.165, 1.54) is 0 Å². The molecule has 0 aliphatic heterocycles. The fraction of sp³-hybridized carbons (Fsp3) is 0.636. The number of ether oxygens (including phenoxy) is 3. The van der Waals surface area contributed by atoms with Gasteiger partial charge >= 0.3 is 11.9 Å². The Labute approximate surface area is 100 Å². The first-order chi connectivity index (χ1) is 8.07. The number of aliphatic carboxylic acids is 1. The highest BCUT2D eigenvalue weighted by Crippen LogP contribution is 1.99. The summed E-state index contributed by atoms with van der Waals surface area (Å²) >= 11 is 0. The van der Waals surface area contributed by atoms with Crippen LogP contribution in [0.3, 0.4) is 0 Å². The van der Waals surface area contributed by atoms with Gasteiger partial charge in [0, 0.05) is 12.2 Å². The summed E-state index contributed by atoms with van der Waals surface area (Å²) in [7, 11) is 0. The molecule has 0 saturated carbocycles. The molecule has 0 amide bonds. The summed E-state index contributed by atoms with van der Waals surface area (Å²) in [6.07, 6.45) is -0.311. The van der Waals surface area contributed by atoms with Gasteiger partial charge in [0.15, 0.2) is 0 Å². The van der Waals surface area contributed by atoms with E-state index in [1.54, 1.807) is 0 Å². The van der Waals surface area contributed by atoms with Gasteiger partial charge < -0.3 is 19.3 Å². The molecule has 0 fully saturated rings. The third-order valence-corrected chi connectivity index (χ3v) is 1.73. The van der Waals surface area contributed by atoms with Crippen LogP contribution in [0.25, 0.3) is 0 Å². The maximum atomic E-state index is 11.1. The Morgan fingerprint density at radius 2 is 1.71 bits per heavy atom. The van der Waals surface area contributed by atoms with Crippen molar-refractivity contribution < 1.29 is 28.9 Å². The van der Waals surface area contributed by atoms with Crippen LogP contribution in [0.5, 0.6) is 0 Å². The molecule has 0 aromatic carbocycles. The lowest BCUT2D eigenvalue weighted by Gasteiger charge is -2.06.